The molecular formula is C17H31IN8O. The Morgan fingerprint density at radius 3 is 2.41 bits per heavy atom. The van der Waals surface area contributed by atoms with Gasteiger partial charge in [0.05, 0.1) is 12.6 Å². The number of nitrogens with zero attached hydrogens (tertiary/aromatic N) is 7. The van der Waals surface area contributed by atoms with Gasteiger partial charge in [-0.25, -0.2) is 4.98 Å². The van der Waals surface area contributed by atoms with E-state index in [1.165, 1.54) is 0 Å². The second kappa shape index (κ2) is 10.2. The van der Waals surface area contributed by atoms with Gasteiger partial charge in [-0.3, -0.25) is 19.4 Å². The number of aliphatic imine (C=N–C) groups is 1. The lowest BCUT2D eigenvalue weighted by Gasteiger charge is -2.39. The molecule has 9 nitrogen and oxygen atoms in total. The van der Waals surface area contributed by atoms with Gasteiger partial charge in [0.2, 0.25) is 5.91 Å². The highest BCUT2D eigenvalue weighted by molar-refractivity contribution is 14.0. The van der Waals surface area contributed by atoms with Crippen molar-refractivity contribution in [2.45, 2.75) is 32.4 Å². The van der Waals surface area contributed by atoms with Crippen LogP contribution in [-0.4, -0.2) is 93.7 Å². The smallest absolute Gasteiger partial charge is 0.239 e. The van der Waals surface area contributed by atoms with Gasteiger partial charge in [0.15, 0.2) is 5.96 Å². The predicted octanol–water partition coefficient (Wildman–Crippen LogP) is 0.137. The Bertz CT molecular complexity index is 635. The summed E-state index contributed by atoms with van der Waals surface area (Å²) in [6.07, 6.45) is 3.83. The molecule has 0 aliphatic carbocycles. The number of rotatable bonds is 4. The van der Waals surface area contributed by atoms with Crippen LogP contribution in [0.5, 0.6) is 0 Å². The summed E-state index contributed by atoms with van der Waals surface area (Å²) < 4.78 is 1.75. The van der Waals surface area contributed by atoms with Crippen molar-refractivity contribution in [1.82, 2.24) is 34.8 Å². The minimum atomic E-state index is -0.0381. The second-order valence-electron chi connectivity index (χ2n) is 6.93. The maximum Gasteiger partial charge on any atom is 0.239 e. The first-order valence-corrected chi connectivity index (χ1v) is 9.41. The molecule has 0 spiro atoms. The number of piperazine rings is 1. The molecule has 0 aromatic carbocycles. The van der Waals surface area contributed by atoms with Crippen LogP contribution in [0.2, 0.25) is 0 Å². The highest BCUT2D eigenvalue weighted by Crippen LogP contribution is 2.14. The summed E-state index contributed by atoms with van der Waals surface area (Å²) in [6.45, 7) is 7.91. The van der Waals surface area contributed by atoms with Crippen molar-refractivity contribution in [3.8, 4) is 0 Å². The van der Waals surface area contributed by atoms with Gasteiger partial charge >= 0.3 is 0 Å². The van der Waals surface area contributed by atoms with E-state index in [2.05, 4.69) is 30.2 Å². The number of aryl methyl sites for hydroxylation is 1. The Kier molecular flexibility index (Phi) is 8.27. The van der Waals surface area contributed by atoms with Crippen LogP contribution in [0.15, 0.2) is 11.3 Å². The standard InChI is InChI=1S/C17H30N8O.HI/c1-14(16(26)24-6-4-5-7-24)23-8-10-25(11-9-23)17(18-2)19-12-15-20-13-21-22(15)3;/h13-14H,4-12H2,1-3H3,(H,18,19);1H. The molecule has 0 radical (unpaired) electrons. The molecule has 27 heavy (non-hydrogen) atoms. The van der Waals surface area contributed by atoms with Crippen molar-refractivity contribution in [2.24, 2.45) is 12.0 Å². The Morgan fingerprint density at radius 1 is 1.19 bits per heavy atom. The van der Waals surface area contributed by atoms with Crippen molar-refractivity contribution in [3.05, 3.63) is 12.2 Å². The van der Waals surface area contributed by atoms with E-state index < -0.39 is 0 Å². The van der Waals surface area contributed by atoms with Crippen molar-refractivity contribution >= 4 is 35.8 Å². The molecule has 1 amide bonds. The van der Waals surface area contributed by atoms with Crippen LogP contribution >= 0.6 is 24.0 Å². The zero-order chi connectivity index (χ0) is 18.5. The largest absolute Gasteiger partial charge is 0.349 e. The van der Waals surface area contributed by atoms with Gasteiger partial charge < -0.3 is 15.1 Å². The predicted molar refractivity (Wildman–Crippen MR) is 115 cm³/mol. The van der Waals surface area contributed by atoms with Crippen molar-refractivity contribution in [2.75, 3.05) is 46.3 Å². The van der Waals surface area contributed by atoms with E-state index in [0.717, 1.165) is 63.9 Å². The number of hydrogen-bond acceptors (Lipinski definition) is 5. The molecule has 0 saturated carbocycles. The van der Waals surface area contributed by atoms with E-state index in [4.69, 9.17) is 0 Å². The highest BCUT2D eigenvalue weighted by atomic mass is 127. The molecule has 0 bridgehead atoms. The molecule has 1 N–H and O–H groups in total. The number of guanidine groups is 1. The molecule has 2 aliphatic heterocycles. The van der Waals surface area contributed by atoms with Gasteiger partial charge in [-0.05, 0) is 19.8 Å². The molecule has 2 fully saturated rings. The molecule has 1 atom stereocenters. The maximum absolute atomic E-state index is 12.6. The molecule has 152 valence electrons. The van der Waals surface area contributed by atoms with Crippen LogP contribution < -0.4 is 5.32 Å². The molecule has 1 unspecified atom stereocenters. The maximum atomic E-state index is 12.6. The zero-order valence-electron chi connectivity index (χ0n) is 16.5. The van der Waals surface area contributed by atoms with Gasteiger partial charge in [-0.15, -0.1) is 24.0 Å². The average molecular weight is 490 g/mol. The first-order valence-electron chi connectivity index (χ1n) is 9.41. The molecule has 1 aromatic rings. The van der Waals surface area contributed by atoms with E-state index in [0.29, 0.717) is 6.54 Å². The number of carbonyl (C=O) groups is 1. The highest BCUT2D eigenvalue weighted by Gasteiger charge is 2.30. The summed E-state index contributed by atoms with van der Waals surface area (Å²) in [6, 6.07) is -0.0381. The van der Waals surface area contributed by atoms with Crippen LogP contribution in [0, 0.1) is 0 Å². The van der Waals surface area contributed by atoms with E-state index in [-0.39, 0.29) is 35.9 Å². The SMILES string of the molecule is CN=C(NCc1ncnn1C)N1CCN(C(C)C(=O)N2CCCC2)CC1.I. The molecule has 10 heteroatoms. The molecule has 2 saturated heterocycles. The van der Waals surface area contributed by atoms with E-state index in [9.17, 15) is 4.79 Å². The van der Waals surface area contributed by atoms with Gasteiger partial charge in [0.25, 0.3) is 0 Å². The van der Waals surface area contributed by atoms with Crippen molar-refractivity contribution in [3.63, 3.8) is 0 Å². The number of amides is 1. The van der Waals surface area contributed by atoms with Crippen molar-refractivity contribution < 1.29 is 4.79 Å². The van der Waals surface area contributed by atoms with Crippen LogP contribution in [0.25, 0.3) is 0 Å². The van der Waals surface area contributed by atoms with Crippen LogP contribution in [0.4, 0.5) is 0 Å². The number of carbonyl (C=O) groups excluding carboxylic acids is 1. The number of halogens is 1. The summed E-state index contributed by atoms with van der Waals surface area (Å²) in [5, 5.41) is 7.43. The lowest BCUT2D eigenvalue weighted by atomic mass is 10.2. The van der Waals surface area contributed by atoms with Gasteiger partial charge in [-0.1, -0.05) is 0 Å². The number of nitrogens with one attached hydrogen (secondary N) is 1. The van der Waals surface area contributed by atoms with Gasteiger partial charge in [-0.2, -0.15) is 5.10 Å². The summed E-state index contributed by atoms with van der Waals surface area (Å²) in [4.78, 5) is 27.7. The Morgan fingerprint density at radius 2 is 1.85 bits per heavy atom. The van der Waals surface area contributed by atoms with Gasteiger partial charge in [0, 0.05) is 53.4 Å². The summed E-state index contributed by atoms with van der Waals surface area (Å²) in [7, 11) is 3.68. The minimum absolute atomic E-state index is 0. The molecule has 3 rings (SSSR count). The Hall–Kier alpha value is -1.43. The molecule has 2 aliphatic rings. The van der Waals surface area contributed by atoms with E-state index in [1.807, 2.05) is 18.9 Å². The zero-order valence-corrected chi connectivity index (χ0v) is 18.8. The first kappa shape index (κ1) is 21.9. The number of likely N-dealkylation sites (tertiary alicyclic amines) is 1. The number of aromatic nitrogens is 3. The fraction of sp³-hybridized carbons (Fsp3) is 0.765. The first-order chi connectivity index (χ1) is 12.6. The lowest BCUT2D eigenvalue weighted by Crippen LogP contribution is -2.57. The second-order valence-corrected chi connectivity index (χ2v) is 6.93. The third-order valence-corrected chi connectivity index (χ3v) is 5.36. The summed E-state index contributed by atoms with van der Waals surface area (Å²) in [5.41, 5.74) is 0. The Labute approximate surface area is 178 Å². The monoisotopic (exact) mass is 490 g/mol. The molecule has 3 heterocycles. The van der Waals surface area contributed by atoms with Gasteiger partial charge in [0.1, 0.15) is 12.2 Å². The van der Waals surface area contributed by atoms with Crippen LogP contribution in [-0.2, 0) is 18.4 Å². The minimum Gasteiger partial charge on any atom is -0.349 e. The molecule has 1 aromatic heterocycles. The quantitative estimate of drug-likeness (QED) is 0.368. The van der Waals surface area contributed by atoms with Crippen LogP contribution in [0.3, 0.4) is 0 Å². The fourth-order valence-electron chi connectivity index (χ4n) is 3.65. The molecular weight excluding hydrogens is 459 g/mol. The Balaban J connectivity index is 0.00000261. The third kappa shape index (κ3) is 5.31. The van der Waals surface area contributed by atoms with E-state index in [1.54, 1.807) is 18.1 Å². The fourth-order valence-corrected chi connectivity index (χ4v) is 3.65. The summed E-state index contributed by atoms with van der Waals surface area (Å²) in [5.74, 6) is 2.02. The third-order valence-electron chi connectivity index (χ3n) is 5.36. The average Bonchev–Trinajstić information content (AvgIpc) is 3.34. The topological polar surface area (TPSA) is 81.9 Å². The summed E-state index contributed by atoms with van der Waals surface area (Å²) >= 11 is 0. The van der Waals surface area contributed by atoms with Crippen molar-refractivity contribution in [1.29, 1.82) is 0 Å². The van der Waals surface area contributed by atoms with E-state index >= 15 is 0 Å². The lowest BCUT2D eigenvalue weighted by molar-refractivity contribution is -0.135. The van der Waals surface area contributed by atoms with Crippen LogP contribution in [0.1, 0.15) is 25.6 Å². The number of hydrogen-bond donors (Lipinski definition) is 1. The normalized spacial score (nSPS) is 19.7.